The highest BCUT2D eigenvalue weighted by Gasteiger charge is 2.17. The highest BCUT2D eigenvalue weighted by Crippen LogP contribution is 2.29. The lowest BCUT2D eigenvalue weighted by atomic mass is 10.2. The largest absolute Gasteiger partial charge is 0.434 e. The molecule has 1 aromatic carbocycles. The molecule has 0 saturated carbocycles. The number of nitro benzene ring substituents is 1. The number of nitrogens with two attached hydrogens (primary N) is 1. The van der Waals surface area contributed by atoms with Crippen LogP contribution in [0.15, 0.2) is 24.3 Å². The molecular weight excluding hydrogens is 255 g/mol. The van der Waals surface area contributed by atoms with Crippen LogP contribution in [0.25, 0.3) is 0 Å². The maximum atomic E-state index is 13.7. The van der Waals surface area contributed by atoms with Gasteiger partial charge in [-0.05, 0) is 19.1 Å². The van der Waals surface area contributed by atoms with Gasteiger partial charge in [-0.2, -0.15) is 0 Å². The lowest BCUT2D eigenvalue weighted by Crippen LogP contribution is -1.98. The molecule has 19 heavy (non-hydrogen) atoms. The summed E-state index contributed by atoms with van der Waals surface area (Å²) in [7, 11) is 0. The average Bonchev–Trinajstić information content (AvgIpc) is 2.35. The minimum absolute atomic E-state index is 0.0429. The molecule has 2 aromatic rings. The molecule has 0 unspecified atom stereocenters. The zero-order chi connectivity index (χ0) is 14.0. The summed E-state index contributed by atoms with van der Waals surface area (Å²) in [6.07, 6.45) is 0. The van der Waals surface area contributed by atoms with E-state index >= 15 is 0 Å². The Morgan fingerprint density at radius 2 is 2.11 bits per heavy atom. The number of aromatic nitrogens is 2. The van der Waals surface area contributed by atoms with Crippen molar-refractivity contribution < 1.29 is 14.1 Å². The van der Waals surface area contributed by atoms with E-state index in [1.807, 2.05) is 0 Å². The van der Waals surface area contributed by atoms with Crippen molar-refractivity contribution in [1.82, 2.24) is 10.2 Å². The molecule has 0 aliphatic heterocycles. The third kappa shape index (κ3) is 2.73. The van der Waals surface area contributed by atoms with Gasteiger partial charge in [0.25, 0.3) is 5.69 Å². The predicted molar refractivity (Wildman–Crippen MR) is 64.3 cm³/mol. The molecule has 2 N–H and O–H groups in total. The summed E-state index contributed by atoms with van der Waals surface area (Å²) in [5.41, 5.74) is 5.32. The Kier molecular flexibility index (Phi) is 3.23. The lowest BCUT2D eigenvalue weighted by molar-refractivity contribution is -0.385. The van der Waals surface area contributed by atoms with Gasteiger partial charge in [0.2, 0.25) is 5.88 Å². The molecule has 1 aromatic heterocycles. The first-order valence-electron chi connectivity index (χ1n) is 5.19. The van der Waals surface area contributed by atoms with Gasteiger partial charge in [-0.1, -0.05) is 0 Å². The fourth-order valence-corrected chi connectivity index (χ4v) is 1.42. The molecule has 0 aliphatic carbocycles. The van der Waals surface area contributed by atoms with Crippen molar-refractivity contribution in [3.8, 4) is 11.6 Å². The fourth-order valence-electron chi connectivity index (χ4n) is 1.42. The van der Waals surface area contributed by atoms with E-state index in [1.54, 1.807) is 0 Å². The zero-order valence-electron chi connectivity index (χ0n) is 9.83. The van der Waals surface area contributed by atoms with Gasteiger partial charge in [0.05, 0.1) is 11.0 Å². The third-order valence-electron chi connectivity index (χ3n) is 2.32. The molecule has 98 valence electrons. The number of halogens is 1. The molecule has 2 rings (SSSR count). The van der Waals surface area contributed by atoms with Crippen LogP contribution in [0.1, 0.15) is 5.56 Å². The van der Waals surface area contributed by atoms with Crippen molar-refractivity contribution in [1.29, 1.82) is 0 Å². The van der Waals surface area contributed by atoms with Crippen LogP contribution in [-0.2, 0) is 0 Å². The highest BCUT2D eigenvalue weighted by molar-refractivity contribution is 5.46. The van der Waals surface area contributed by atoms with Crippen LogP contribution >= 0.6 is 0 Å². The van der Waals surface area contributed by atoms with Crippen molar-refractivity contribution >= 4 is 11.5 Å². The van der Waals surface area contributed by atoms with Gasteiger partial charge in [0, 0.05) is 11.6 Å². The van der Waals surface area contributed by atoms with Gasteiger partial charge in [-0.3, -0.25) is 10.1 Å². The van der Waals surface area contributed by atoms with E-state index in [4.69, 9.17) is 10.5 Å². The second-order valence-corrected chi connectivity index (χ2v) is 3.72. The van der Waals surface area contributed by atoms with E-state index < -0.39 is 10.7 Å². The first kappa shape index (κ1) is 12.7. The van der Waals surface area contributed by atoms with Crippen LogP contribution in [0.3, 0.4) is 0 Å². The summed E-state index contributed by atoms with van der Waals surface area (Å²) in [4.78, 5) is 9.98. The van der Waals surface area contributed by atoms with Crippen LogP contribution in [-0.4, -0.2) is 15.1 Å². The van der Waals surface area contributed by atoms with Gasteiger partial charge in [-0.25, -0.2) is 4.39 Å². The Labute approximate surface area is 107 Å². The Morgan fingerprint density at radius 3 is 2.68 bits per heavy atom. The summed E-state index contributed by atoms with van der Waals surface area (Å²) >= 11 is 0. The second-order valence-electron chi connectivity index (χ2n) is 3.72. The van der Waals surface area contributed by atoms with Crippen LogP contribution in [0.5, 0.6) is 11.6 Å². The van der Waals surface area contributed by atoms with Crippen molar-refractivity contribution in [2.45, 2.75) is 6.92 Å². The monoisotopic (exact) mass is 264 g/mol. The summed E-state index contributed by atoms with van der Waals surface area (Å²) < 4.78 is 18.8. The molecule has 0 amide bonds. The molecule has 0 spiro atoms. The summed E-state index contributed by atoms with van der Waals surface area (Å²) in [5, 5.41) is 17.8. The number of ether oxygens (including phenoxy) is 1. The standard InChI is InChI=1S/C11H9FN4O3/c1-6-4-9(7(12)5-8(6)16(17)18)19-11-3-2-10(13)14-15-11/h2-5H,1H3,(H2,13,14). The van der Waals surface area contributed by atoms with Crippen LogP contribution in [0.2, 0.25) is 0 Å². The quantitative estimate of drug-likeness (QED) is 0.673. The molecule has 0 atom stereocenters. The number of hydrogen-bond donors (Lipinski definition) is 1. The number of nitro groups is 1. The molecule has 1 heterocycles. The van der Waals surface area contributed by atoms with Crippen LogP contribution in [0.4, 0.5) is 15.9 Å². The van der Waals surface area contributed by atoms with Gasteiger partial charge >= 0.3 is 0 Å². The van der Waals surface area contributed by atoms with E-state index in [2.05, 4.69) is 10.2 Å². The second kappa shape index (κ2) is 4.84. The number of anilines is 1. The van der Waals surface area contributed by atoms with E-state index in [9.17, 15) is 14.5 Å². The molecular formula is C11H9FN4O3. The summed E-state index contributed by atoms with van der Waals surface area (Å²) in [6.45, 7) is 1.49. The number of nitrogens with zero attached hydrogens (tertiary/aromatic N) is 3. The molecule has 0 aliphatic rings. The minimum Gasteiger partial charge on any atom is -0.434 e. The molecule has 0 radical (unpaired) electrons. The summed E-state index contributed by atoms with van der Waals surface area (Å²) in [6, 6.07) is 4.89. The van der Waals surface area contributed by atoms with Crippen molar-refractivity contribution in [3.63, 3.8) is 0 Å². The molecule has 8 heteroatoms. The Bertz CT molecular complexity index is 631. The van der Waals surface area contributed by atoms with Crippen molar-refractivity contribution in [3.05, 3.63) is 45.8 Å². The first-order chi connectivity index (χ1) is 8.97. The maximum absolute atomic E-state index is 13.7. The first-order valence-corrected chi connectivity index (χ1v) is 5.19. The predicted octanol–water partition coefficient (Wildman–Crippen LogP) is 2.21. The zero-order valence-corrected chi connectivity index (χ0v) is 9.83. The van der Waals surface area contributed by atoms with Gasteiger partial charge < -0.3 is 10.5 Å². The van der Waals surface area contributed by atoms with Gasteiger partial charge in [0.1, 0.15) is 5.82 Å². The van der Waals surface area contributed by atoms with Crippen LogP contribution < -0.4 is 10.5 Å². The normalized spacial score (nSPS) is 10.2. The molecule has 0 saturated heterocycles. The SMILES string of the molecule is Cc1cc(Oc2ccc(N)nn2)c(F)cc1[N+](=O)[O-]. The van der Waals surface area contributed by atoms with Crippen molar-refractivity contribution in [2.75, 3.05) is 5.73 Å². The van der Waals surface area contributed by atoms with E-state index in [1.165, 1.54) is 25.1 Å². The average molecular weight is 264 g/mol. The number of nitrogen functional groups attached to an aromatic ring is 1. The Hall–Kier alpha value is -2.77. The lowest BCUT2D eigenvalue weighted by Gasteiger charge is -2.06. The van der Waals surface area contributed by atoms with Gasteiger partial charge in [-0.15, -0.1) is 10.2 Å². The van der Waals surface area contributed by atoms with E-state index in [0.717, 1.165) is 6.07 Å². The Morgan fingerprint density at radius 1 is 1.37 bits per heavy atom. The molecule has 7 nitrogen and oxygen atoms in total. The minimum atomic E-state index is -0.851. The van der Waals surface area contributed by atoms with E-state index in [0.29, 0.717) is 0 Å². The number of aryl methyl sites for hydroxylation is 1. The molecule has 0 bridgehead atoms. The van der Waals surface area contributed by atoms with Crippen molar-refractivity contribution in [2.24, 2.45) is 0 Å². The smallest absolute Gasteiger partial charge is 0.275 e. The number of hydrogen-bond acceptors (Lipinski definition) is 6. The topological polar surface area (TPSA) is 104 Å². The maximum Gasteiger partial charge on any atom is 0.275 e. The van der Waals surface area contributed by atoms with E-state index in [-0.39, 0.29) is 28.7 Å². The van der Waals surface area contributed by atoms with Crippen LogP contribution in [0, 0.1) is 22.9 Å². The summed E-state index contributed by atoms with van der Waals surface area (Å²) in [5.74, 6) is -0.771. The Balaban J connectivity index is 2.33. The van der Waals surface area contributed by atoms with Gasteiger partial charge in [0.15, 0.2) is 11.6 Å². The molecule has 0 fully saturated rings. The highest BCUT2D eigenvalue weighted by atomic mass is 19.1. The third-order valence-corrected chi connectivity index (χ3v) is 2.32. The number of benzene rings is 1. The fraction of sp³-hybridized carbons (Fsp3) is 0.0909. The number of rotatable bonds is 3.